The lowest BCUT2D eigenvalue weighted by molar-refractivity contribution is 0.466. The lowest BCUT2D eigenvalue weighted by atomic mass is 10.0. The monoisotopic (exact) mass is 481 g/mol. The Morgan fingerprint density at radius 1 is 1.06 bits per heavy atom. The number of ether oxygens (including phenoxy) is 1. The summed E-state index contributed by atoms with van der Waals surface area (Å²) in [4.78, 5) is 12.5. The van der Waals surface area contributed by atoms with Crippen molar-refractivity contribution in [1.29, 1.82) is 0 Å². The lowest BCUT2D eigenvalue weighted by Crippen LogP contribution is -2.20. The minimum atomic E-state index is -3.75. The number of rotatable bonds is 7. The number of nitrogens with one attached hydrogen (secondary N) is 1. The molecule has 0 aliphatic rings. The molecule has 0 bridgehead atoms. The van der Waals surface area contributed by atoms with Gasteiger partial charge in [0.15, 0.2) is 0 Å². The minimum Gasteiger partial charge on any atom is -0.437 e. The molecule has 176 valence electrons. The van der Waals surface area contributed by atoms with Gasteiger partial charge in [0.2, 0.25) is 21.9 Å². The summed E-state index contributed by atoms with van der Waals surface area (Å²) in [5, 5.41) is 0.902. The predicted octanol–water partition coefficient (Wildman–Crippen LogP) is 4.91. The number of hydrogen-bond donors (Lipinski definition) is 2. The van der Waals surface area contributed by atoms with Crippen molar-refractivity contribution in [2.24, 2.45) is 5.92 Å². The fourth-order valence-electron chi connectivity index (χ4n) is 3.62. The molecular formula is C24H24FN5O3S. The Morgan fingerprint density at radius 3 is 2.56 bits per heavy atom. The molecule has 0 spiro atoms. The highest BCUT2D eigenvalue weighted by molar-refractivity contribution is 7.92. The fraction of sp³-hybridized carbons (Fsp3) is 0.208. The van der Waals surface area contributed by atoms with Crippen LogP contribution in [0.1, 0.15) is 19.4 Å². The number of sulfonamides is 1. The van der Waals surface area contributed by atoms with E-state index >= 15 is 0 Å². The first-order chi connectivity index (χ1) is 16.1. The summed E-state index contributed by atoms with van der Waals surface area (Å²) >= 11 is 0. The van der Waals surface area contributed by atoms with Crippen LogP contribution in [0.4, 0.5) is 16.0 Å². The number of anilines is 2. The first kappa shape index (κ1) is 23.4. The summed E-state index contributed by atoms with van der Waals surface area (Å²) in [5.74, 6) is -0.120. The van der Waals surface area contributed by atoms with Gasteiger partial charge in [-0.2, -0.15) is 0 Å². The number of nitrogens with two attached hydrogens (primary N) is 1. The Labute approximate surface area is 197 Å². The zero-order valence-corrected chi connectivity index (χ0v) is 19.7. The van der Waals surface area contributed by atoms with Crippen LogP contribution in [0.2, 0.25) is 0 Å². The number of aryl methyl sites for hydroxylation is 1. The Hall–Kier alpha value is -3.79. The normalized spacial score (nSPS) is 11.7. The van der Waals surface area contributed by atoms with Crippen molar-refractivity contribution in [2.45, 2.75) is 20.8 Å². The maximum absolute atomic E-state index is 14.8. The highest BCUT2D eigenvalue weighted by atomic mass is 32.2. The Balaban J connectivity index is 1.82. The average molecular weight is 482 g/mol. The molecule has 8 nitrogen and oxygen atoms in total. The number of nitrogens with zero attached hydrogens (tertiary/aromatic N) is 3. The van der Waals surface area contributed by atoms with E-state index in [-0.39, 0.29) is 29.2 Å². The van der Waals surface area contributed by atoms with Gasteiger partial charge in [-0.1, -0.05) is 26.0 Å². The zero-order chi connectivity index (χ0) is 24.5. The van der Waals surface area contributed by atoms with Crippen molar-refractivity contribution in [3.63, 3.8) is 0 Å². The molecule has 0 unspecified atom stereocenters. The van der Waals surface area contributed by atoms with Gasteiger partial charge in [-0.25, -0.2) is 27.8 Å². The van der Waals surface area contributed by atoms with Crippen LogP contribution in [0.25, 0.3) is 22.0 Å². The summed E-state index contributed by atoms with van der Waals surface area (Å²) in [6, 6.07) is 11.4. The molecule has 0 saturated carbocycles. The highest BCUT2D eigenvalue weighted by Crippen LogP contribution is 2.39. The van der Waals surface area contributed by atoms with Gasteiger partial charge in [0.05, 0.1) is 22.7 Å². The molecule has 34 heavy (non-hydrogen) atoms. The van der Waals surface area contributed by atoms with Gasteiger partial charge < -0.3 is 10.5 Å². The Bertz CT molecular complexity index is 1480. The maximum Gasteiger partial charge on any atom is 0.233 e. The smallest absolute Gasteiger partial charge is 0.233 e. The van der Waals surface area contributed by atoms with E-state index < -0.39 is 15.8 Å². The molecule has 0 aliphatic heterocycles. The van der Waals surface area contributed by atoms with Crippen molar-refractivity contribution in [3.05, 3.63) is 66.2 Å². The van der Waals surface area contributed by atoms with Crippen molar-refractivity contribution in [3.8, 4) is 22.9 Å². The number of halogens is 1. The van der Waals surface area contributed by atoms with Crippen molar-refractivity contribution in [1.82, 2.24) is 15.0 Å². The first-order valence-electron chi connectivity index (χ1n) is 10.6. The van der Waals surface area contributed by atoms with Crippen LogP contribution in [0.5, 0.6) is 11.6 Å². The van der Waals surface area contributed by atoms with E-state index in [0.29, 0.717) is 27.8 Å². The van der Waals surface area contributed by atoms with Gasteiger partial charge in [-0.3, -0.25) is 4.72 Å². The maximum atomic E-state index is 14.8. The van der Waals surface area contributed by atoms with Gasteiger partial charge >= 0.3 is 0 Å². The third-order valence-electron chi connectivity index (χ3n) is 5.03. The van der Waals surface area contributed by atoms with E-state index in [2.05, 4.69) is 19.7 Å². The third kappa shape index (κ3) is 4.91. The zero-order valence-electron chi connectivity index (χ0n) is 18.9. The predicted molar refractivity (Wildman–Crippen MR) is 131 cm³/mol. The molecule has 0 saturated heterocycles. The Morgan fingerprint density at radius 2 is 1.82 bits per heavy atom. The van der Waals surface area contributed by atoms with Crippen LogP contribution >= 0.6 is 0 Å². The van der Waals surface area contributed by atoms with Gasteiger partial charge in [-0.05, 0) is 48.7 Å². The molecule has 2 aromatic heterocycles. The van der Waals surface area contributed by atoms with Crippen LogP contribution in [0.3, 0.4) is 0 Å². The number of pyridine rings is 1. The molecule has 2 heterocycles. The van der Waals surface area contributed by atoms with Crippen LogP contribution in [-0.4, -0.2) is 29.1 Å². The van der Waals surface area contributed by atoms with Gasteiger partial charge in [0.1, 0.15) is 11.6 Å². The second-order valence-electron chi connectivity index (χ2n) is 8.26. The van der Waals surface area contributed by atoms with E-state index in [9.17, 15) is 12.8 Å². The summed E-state index contributed by atoms with van der Waals surface area (Å²) in [6.45, 7) is 5.40. The largest absolute Gasteiger partial charge is 0.437 e. The number of aromatic nitrogens is 3. The molecule has 0 fully saturated rings. The number of hydrogen-bond acceptors (Lipinski definition) is 7. The second-order valence-corrected chi connectivity index (χ2v) is 10.0. The molecular weight excluding hydrogens is 457 g/mol. The molecule has 2 aromatic carbocycles. The van der Waals surface area contributed by atoms with E-state index in [1.807, 2.05) is 6.92 Å². The van der Waals surface area contributed by atoms with Crippen LogP contribution in [-0.2, 0) is 10.0 Å². The lowest BCUT2D eigenvalue weighted by Gasteiger charge is -2.17. The molecule has 0 radical (unpaired) electrons. The molecule has 0 atom stereocenters. The topological polar surface area (TPSA) is 120 Å². The van der Waals surface area contributed by atoms with Gasteiger partial charge in [0, 0.05) is 23.2 Å². The molecule has 0 aliphatic carbocycles. The van der Waals surface area contributed by atoms with Crippen LogP contribution in [0.15, 0.2) is 54.9 Å². The molecule has 4 aromatic rings. The molecule has 3 N–H and O–H groups in total. The number of nitrogen functional groups attached to an aromatic ring is 1. The first-order valence-corrected chi connectivity index (χ1v) is 12.2. The van der Waals surface area contributed by atoms with Gasteiger partial charge in [-0.15, -0.1) is 0 Å². The van der Waals surface area contributed by atoms with Crippen LogP contribution in [0, 0.1) is 18.7 Å². The van der Waals surface area contributed by atoms with Crippen molar-refractivity contribution in [2.75, 3.05) is 16.2 Å². The molecule has 10 heteroatoms. The molecule has 4 rings (SSSR count). The second kappa shape index (κ2) is 9.22. The van der Waals surface area contributed by atoms with Crippen LogP contribution < -0.4 is 15.2 Å². The average Bonchev–Trinajstić information content (AvgIpc) is 2.77. The summed E-state index contributed by atoms with van der Waals surface area (Å²) in [7, 11) is -3.75. The van der Waals surface area contributed by atoms with E-state index in [0.717, 1.165) is 5.56 Å². The fourth-order valence-corrected chi connectivity index (χ4v) is 5.10. The number of benzene rings is 2. The number of fused-ring (bicyclic) bond motifs is 1. The standard InChI is InChI=1S/C24H24FN5O3S/c1-14(2)13-34(31,32)30-21-16-7-6-15(3)22(17(16)8-9-19(21)25)33-23-18(5-4-11-27-23)20-10-12-28-24(26)29-20/h4-12,14,30H,13H2,1-3H3,(H2,26,28,29). The van der Waals surface area contributed by atoms with Crippen molar-refractivity contribution >= 4 is 32.4 Å². The SMILES string of the molecule is Cc1ccc2c(NS(=O)(=O)CC(C)C)c(F)ccc2c1Oc1ncccc1-c1ccnc(N)n1. The quantitative estimate of drug-likeness (QED) is 0.385. The van der Waals surface area contributed by atoms with E-state index in [1.165, 1.54) is 12.3 Å². The highest BCUT2D eigenvalue weighted by Gasteiger charge is 2.20. The minimum absolute atomic E-state index is 0.113. The van der Waals surface area contributed by atoms with E-state index in [4.69, 9.17) is 10.5 Å². The summed E-state index contributed by atoms with van der Waals surface area (Å²) in [5.41, 5.74) is 7.49. The van der Waals surface area contributed by atoms with E-state index in [1.54, 1.807) is 56.4 Å². The van der Waals surface area contributed by atoms with Gasteiger partial charge in [0.25, 0.3) is 0 Å². The summed E-state index contributed by atoms with van der Waals surface area (Å²) in [6.07, 6.45) is 3.12. The molecule has 0 amide bonds. The van der Waals surface area contributed by atoms with Crippen molar-refractivity contribution < 1.29 is 17.5 Å². The Kier molecular flexibility index (Phi) is 6.34. The third-order valence-corrected chi connectivity index (χ3v) is 6.65. The summed E-state index contributed by atoms with van der Waals surface area (Å²) < 4.78 is 48.5.